The average Bonchev–Trinajstić information content (AvgIpc) is 3.00. The van der Waals surface area contributed by atoms with Gasteiger partial charge < -0.3 is 10.6 Å². The molecule has 3 rings (SSSR count). The number of anilines is 1. The van der Waals surface area contributed by atoms with E-state index in [4.69, 9.17) is 5.73 Å². The molecule has 1 aliphatic rings. The van der Waals surface area contributed by atoms with Gasteiger partial charge >= 0.3 is 0 Å². The Morgan fingerprint density at radius 3 is 2.67 bits per heavy atom. The van der Waals surface area contributed by atoms with E-state index in [1.807, 2.05) is 36.1 Å². The van der Waals surface area contributed by atoms with Crippen molar-refractivity contribution < 1.29 is 4.79 Å². The van der Waals surface area contributed by atoms with E-state index < -0.39 is 0 Å². The van der Waals surface area contributed by atoms with Gasteiger partial charge in [-0.15, -0.1) is 0 Å². The predicted molar refractivity (Wildman–Crippen MR) is 85.3 cm³/mol. The van der Waals surface area contributed by atoms with Gasteiger partial charge in [-0.25, -0.2) is 0 Å². The Balaban J connectivity index is 1.77. The molecule has 2 N–H and O–H groups in total. The standard InChI is InChI=1S/C18H20N2O/c1-13-6-5-9-16(17(13)19)18(21)20-11-10-15(12-20)14-7-3-2-4-8-14/h2-9,15H,10-12,19H2,1H3. The van der Waals surface area contributed by atoms with Crippen molar-refractivity contribution in [1.82, 2.24) is 4.90 Å². The van der Waals surface area contributed by atoms with E-state index in [1.165, 1.54) is 5.56 Å². The van der Waals surface area contributed by atoms with Crippen molar-refractivity contribution >= 4 is 11.6 Å². The first kappa shape index (κ1) is 13.7. The van der Waals surface area contributed by atoms with Crippen LogP contribution in [-0.2, 0) is 0 Å². The van der Waals surface area contributed by atoms with Gasteiger partial charge in [0.15, 0.2) is 0 Å². The fourth-order valence-electron chi connectivity index (χ4n) is 2.98. The van der Waals surface area contributed by atoms with E-state index in [0.29, 0.717) is 17.2 Å². The van der Waals surface area contributed by atoms with Crippen LogP contribution in [0, 0.1) is 6.92 Å². The van der Waals surface area contributed by atoms with E-state index >= 15 is 0 Å². The minimum atomic E-state index is 0.0506. The van der Waals surface area contributed by atoms with Crippen LogP contribution >= 0.6 is 0 Å². The normalized spacial score (nSPS) is 18.0. The number of rotatable bonds is 2. The molecule has 0 bridgehead atoms. The highest BCUT2D eigenvalue weighted by Gasteiger charge is 2.28. The minimum absolute atomic E-state index is 0.0506. The lowest BCUT2D eigenvalue weighted by atomic mass is 9.99. The Hall–Kier alpha value is -2.29. The van der Waals surface area contributed by atoms with Gasteiger partial charge in [0, 0.05) is 24.7 Å². The fraction of sp³-hybridized carbons (Fsp3) is 0.278. The van der Waals surface area contributed by atoms with E-state index in [2.05, 4.69) is 24.3 Å². The molecule has 2 aromatic rings. The lowest BCUT2D eigenvalue weighted by Gasteiger charge is -2.18. The number of nitrogen functional groups attached to an aromatic ring is 1. The second-order valence-corrected chi connectivity index (χ2v) is 5.68. The minimum Gasteiger partial charge on any atom is -0.398 e. The molecule has 108 valence electrons. The fourth-order valence-corrected chi connectivity index (χ4v) is 2.98. The number of amides is 1. The number of aryl methyl sites for hydroxylation is 1. The molecular weight excluding hydrogens is 260 g/mol. The highest BCUT2D eigenvalue weighted by Crippen LogP contribution is 2.29. The van der Waals surface area contributed by atoms with Crippen molar-refractivity contribution in [2.45, 2.75) is 19.3 Å². The third-order valence-corrected chi connectivity index (χ3v) is 4.30. The summed E-state index contributed by atoms with van der Waals surface area (Å²) in [5.41, 5.74) is 9.55. The Morgan fingerprint density at radius 1 is 1.14 bits per heavy atom. The van der Waals surface area contributed by atoms with E-state index in [-0.39, 0.29) is 5.91 Å². The Bertz CT molecular complexity index is 652. The number of para-hydroxylation sites is 1. The maximum atomic E-state index is 12.6. The highest BCUT2D eigenvalue weighted by atomic mass is 16.2. The molecule has 1 atom stereocenters. The molecule has 21 heavy (non-hydrogen) atoms. The zero-order valence-corrected chi connectivity index (χ0v) is 12.3. The van der Waals surface area contributed by atoms with Gasteiger partial charge in [-0.05, 0) is 30.5 Å². The van der Waals surface area contributed by atoms with Crippen molar-refractivity contribution in [2.24, 2.45) is 0 Å². The molecule has 1 amide bonds. The summed E-state index contributed by atoms with van der Waals surface area (Å²) >= 11 is 0. The summed E-state index contributed by atoms with van der Waals surface area (Å²) in [7, 11) is 0. The number of carbonyl (C=O) groups is 1. The Labute approximate surface area is 125 Å². The summed E-state index contributed by atoms with van der Waals surface area (Å²) < 4.78 is 0. The summed E-state index contributed by atoms with van der Waals surface area (Å²) in [6, 6.07) is 16.1. The third-order valence-electron chi connectivity index (χ3n) is 4.30. The molecule has 1 aliphatic heterocycles. The topological polar surface area (TPSA) is 46.3 Å². The third kappa shape index (κ3) is 2.64. The molecule has 1 fully saturated rings. The molecule has 3 heteroatoms. The van der Waals surface area contributed by atoms with Crippen molar-refractivity contribution in [2.75, 3.05) is 18.8 Å². The van der Waals surface area contributed by atoms with Crippen LogP contribution in [0.25, 0.3) is 0 Å². The largest absolute Gasteiger partial charge is 0.398 e. The average molecular weight is 280 g/mol. The van der Waals surface area contributed by atoms with Gasteiger partial charge in [0.25, 0.3) is 5.91 Å². The van der Waals surface area contributed by atoms with Gasteiger partial charge in [-0.2, -0.15) is 0 Å². The van der Waals surface area contributed by atoms with Gasteiger partial charge in [0.2, 0.25) is 0 Å². The molecule has 1 unspecified atom stereocenters. The van der Waals surface area contributed by atoms with Crippen LogP contribution in [0.5, 0.6) is 0 Å². The van der Waals surface area contributed by atoms with Crippen molar-refractivity contribution in [3.63, 3.8) is 0 Å². The zero-order valence-electron chi connectivity index (χ0n) is 12.3. The van der Waals surface area contributed by atoms with Crippen molar-refractivity contribution in [1.29, 1.82) is 0 Å². The summed E-state index contributed by atoms with van der Waals surface area (Å²) in [4.78, 5) is 14.6. The first-order valence-electron chi connectivity index (χ1n) is 7.36. The summed E-state index contributed by atoms with van der Waals surface area (Å²) in [6.07, 6.45) is 1.02. The lowest BCUT2D eigenvalue weighted by molar-refractivity contribution is 0.0792. The number of nitrogens with zero attached hydrogens (tertiary/aromatic N) is 1. The number of nitrogens with two attached hydrogens (primary N) is 1. The van der Waals surface area contributed by atoms with E-state index in [9.17, 15) is 4.79 Å². The smallest absolute Gasteiger partial charge is 0.255 e. The molecule has 3 nitrogen and oxygen atoms in total. The quantitative estimate of drug-likeness (QED) is 0.859. The monoisotopic (exact) mass is 280 g/mol. The van der Waals surface area contributed by atoms with Crippen LogP contribution in [0.1, 0.15) is 33.8 Å². The van der Waals surface area contributed by atoms with E-state index in [0.717, 1.165) is 25.1 Å². The maximum Gasteiger partial charge on any atom is 0.255 e. The van der Waals surface area contributed by atoms with Crippen LogP contribution < -0.4 is 5.73 Å². The molecule has 0 radical (unpaired) electrons. The van der Waals surface area contributed by atoms with Crippen LogP contribution in [0.2, 0.25) is 0 Å². The van der Waals surface area contributed by atoms with Crippen LogP contribution in [0.15, 0.2) is 48.5 Å². The maximum absolute atomic E-state index is 12.6. The summed E-state index contributed by atoms with van der Waals surface area (Å²) in [6.45, 7) is 3.50. The molecule has 1 saturated heterocycles. The van der Waals surface area contributed by atoms with Crippen LogP contribution in [0.3, 0.4) is 0 Å². The number of hydrogen-bond donors (Lipinski definition) is 1. The Kier molecular flexibility index (Phi) is 3.65. The molecule has 0 saturated carbocycles. The first-order chi connectivity index (χ1) is 10.2. The second kappa shape index (κ2) is 5.60. The molecular formula is C18H20N2O. The first-order valence-corrected chi connectivity index (χ1v) is 7.36. The van der Waals surface area contributed by atoms with E-state index in [1.54, 1.807) is 0 Å². The summed E-state index contributed by atoms with van der Waals surface area (Å²) in [5.74, 6) is 0.482. The van der Waals surface area contributed by atoms with Crippen molar-refractivity contribution in [3.8, 4) is 0 Å². The molecule has 0 aliphatic carbocycles. The van der Waals surface area contributed by atoms with Crippen molar-refractivity contribution in [3.05, 3.63) is 65.2 Å². The number of likely N-dealkylation sites (tertiary alicyclic amines) is 1. The zero-order chi connectivity index (χ0) is 14.8. The summed E-state index contributed by atoms with van der Waals surface area (Å²) in [5, 5.41) is 0. The SMILES string of the molecule is Cc1cccc(C(=O)N2CCC(c3ccccc3)C2)c1N. The number of carbonyl (C=O) groups excluding carboxylic acids is 1. The molecule has 2 aromatic carbocycles. The van der Waals surface area contributed by atoms with Gasteiger partial charge in [-0.1, -0.05) is 42.5 Å². The van der Waals surface area contributed by atoms with Crippen LogP contribution in [0.4, 0.5) is 5.69 Å². The number of hydrogen-bond acceptors (Lipinski definition) is 2. The second-order valence-electron chi connectivity index (χ2n) is 5.68. The Morgan fingerprint density at radius 2 is 1.90 bits per heavy atom. The van der Waals surface area contributed by atoms with Gasteiger partial charge in [-0.3, -0.25) is 4.79 Å². The predicted octanol–water partition coefficient (Wildman–Crippen LogP) is 3.21. The highest BCUT2D eigenvalue weighted by molar-refractivity contribution is 5.99. The lowest BCUT2D eigenvalue weighted by Crippen LogP contribution is -2.29. The molecule has 1 heterocycles. The van der Waals surface area contributed by atoms with Gasteiger partial charge in [0.05, 0.1) is 5.56 Å². The van der Waals surface area contributed by atoms with Crippen LogP contribution in [-0.4, -0.2) is 23.9 Å². The molecule has 0 spiro atoms. The van der Waals surface area contributed by atoms with Gasteiger partial charge in [0.1, 0.15) is 0 Å². The number of benzene rings is 2. The molecule has 0 aromatic heterocycles.